The van der Waals surface area contributed by atoms with Gasteiger partial charge in [-0.2, -0.15) is 0 Å². The van der Waals surface area contributed by atoms with E-state index in [4.69, 9.17) is 0 Å². The van der Waals surface area contributed by atoms with E-state index in [9.17, 15) is 9.59 Å². The molecule has 2 aromatic carbocycles. The average molecular weight is 336 g/mol. The Morgan fingerprint density at radius 3 is 2.48 bits per heavy atom. The predicted octanol–water partition coefficient (Wildman–Crippen LogP) is 3.07. The number of amides is 2. The molecule has 0 aliphatic carbocycles. The summed E-state index contributed by atoms with van der Waals surface area (Å²) in [4.78, 5) is 23.8. The molecule has 0 radical (unpaired) electrons. The lowest BCUT2D eigenvalue weighted by atomic mass is 10.0. The molecule has 1 atom stereocenters. The summed E-state index contributed by atoms with van der Waals surface area (Å²) in [5.74, 6) is -0.0923. The van der Waals surface area contributed by atoms with Gasteiger partial charge < -0.3 is 10.6 Å². The number of carbonyl (C=O) groups excluding carboxylic acids is 2. The van der Waals surface area contributed by atoms with Gasteiger partial charge in [0.2, 0.25) is 11.8 Å². The van der Waals surface area contributed by atoms with Gasteiger partial charge in [-0.25, -0.2) is 0 Å². The molecule has 4 nitrogen and oxygen atoms in total. The van der Waals surface area contributed by atoms with Crippen molar-refractivity contribution in [1.82, 2.24) is 10.6 Å². The van der Waals surface area contributed by atoms with Crippen molar-refractivity contribution in [2.24, 2.45) is 0 Å². The fraction of sp³-hybridized carbons (Fsp3) is 0.333. The number of nitrogens with one attached hydrogen (secondary N) is 2. The summed E-state index contributed by atoms with van der Waals surface area (Å²) < 4.78 is 0. The van der Waals surface area contributed by atoms with Gasteiger partial charge in [0.15, 0.2) is 0 Å². The van der Waals surface area contributed by atoms with Crippen molar-refractivity contribution in [3.05, 3.63) is 60.2 Å². The zero-order chi connectivity index (χ0) is 17.5. The molecule has 0 bridgehead atoms. The van der Waals surface area contributed by atoms with Crippen molar-refractivity contribution in [2.75, 3.05) is 6.54 Å². The molecule has 2 N–H and O–H groups in total. The minimum Gasteiger partial charge on any atom is -0.354 e. The predicted molar refractivity (Wildman–Crippen MR) is 99.0 cm³/mol. The second-order valence-corrected chi connectivity index (χ2v) is 6.47. The summed E-state index contributed by atoms with van der Waals surface area (Å²) in [5.41, 5.74) is 3.57. The first kappa shape index (κ1) is 17.2. The van der Waals surface area contributed by atoms with E-state index in [2.05, 4.69) is 47.0 Å². The summed E-state index contributed by atoms with van der Waals surface area (Å²) >= 11 is 0. The molecule has 1 heterocycles. The molecule has 4 heteroatoms. The van der Waals surface area contributed by atoms with Crippen LogP contribution >= 0.6 is 0 Å². The third-order valence-electron chi connectivity index (χ3n) is 4.57. The normalized spacial score (nSPS) is 17.4. The highest BCUT2D eigenvalue weighted by Gasteiger charge is 2.22. The first-order chi connectivity index (χ1) is 12.2. The van der Waals surface area contributed by atoms with Gasteiger partial charge in [-0.3, -0.25) is 9.59 Å². The third-order valence-corrected chi connectivity index (χ3v) is 4.57. The maximum Gasteiger partial charge on any atom is 0.242 e. The second kappa shape index (κ2) is 8.47. The number of benzene rings is 2. The van der Waals surface area contributed by atoms with Crippen molar-refractivity contribution >= 4 is 11.8 Å². The van der Waals surface area contributed by atoms with Crippen LogP contribution in [0.5, 0.6) is 0 Å². The molecule has 2 aromatic rings. The zero-order valence-electron chi connectivity index (χ0n) is 14.3. The minimum atomic E-state index is -0.379. The zero-order valence-corrected chi connectivity index (χ0v) is 14.3. The highest BCUT2D eigenvalue weighted by molar-refractivity contribution is 5.87. The molecule has 1 aliphatic heterocycles. The Balaban J connectivity index is 1.48. The molecule has 0 spiro atoms. The molecular formula is C21H24N2O2. The van der Waals surface area contributed by atoms with Gasteiger partial charge in [0.1, 0.15) is 6.04 Å². The van der Waals surface area contributed by atoms with Gasteiger partial charge in [-0.15, -0.1) is 0 Å². The van der Waals surface area contributed by atoms with Gasteiger partial charge >= 0.3 is 0 Å². The van der Waals surface area contributed by atoms with Gasteiger partial charge in [-0.1, -0.05) is 61.0 Å². The Bertz CT molecular complexity index is 710. The summed E-state index contributed by atoms with van der Waals surface area (Å²) in [5, 5.41) is 5.74. The summed E-state index contributed by atoms with van der Waals surface area (Å²) in [6.45, 7) is 0.579. The first-order valence-corrected chi connectivity index (χ1v) is 8.94. The molecular weight excluding hydrogens is 312 g/mol. The number of carbonyl (C=O) groups is 2. The average Bonchev–Trinajstić information content (AvgIpc) is 2.87. The lowest BCUT2D eigenvalue weighted by Gasteiger charge is -2.15. The molecule has 1 aliphatic rings. The first-order valence-electron chi connectivity index (χ1n) is 8.94. The lowest BCUT2D eigenvalue weighted by molar-refractivity contribution is -0.128. The van der Waals surface area contributed by atoms with Gasteiger partial charge in [0.25, 0.3) is 0 Å². The van der Waals surface area contributed by atoms with Gasteiger partial charge in [-0.05, 0) is 36.0 Å². The molecule has 3 rings (SSSR count). The highest BCUT2D eigenvalue weighted by atomic mass is 16.2. The smallest absolute Gasteiger partial charge is 0.242 e. The molecule has 1 saturated heterocycles. The van der Waals surface area contributed by atoms with E-state index in [1.165, 1.54) is 16.7 Å². The molecule has 1 fully saturated rings. The maximum absolute atomic E-state index is 12.2. The molecule has 0 saturated carbocycles. The van der Waals surface area contributed by atoms with E-state index in [0.717, 1.165) is 25.7 Å². The maximum atomic E-state index is 12.2. The van der Waals surface area contributed by atoms with Crippen LogP contribution in [-0.2, 0) is 16.0 Å². The van der Waals surface area contributed by atoms with E-state index >= 15 is 0 Å². The van der Waals surface area contributed by atoms with Gasteiger partial charge in [0.05, 0.1) is 0 Å². The Labute approximate surface area is 148 Å². The van der Waals surface area contributed by atoms with Crippen molar-refractivity contribution in [3.8, 4) is 11.1 Å². The summed E-state index contributed by atoms with van der Waals surface area (Å²) in [6, 6.07) is 18.3. The van der Waals surface area contributed by atoms with Crippen molar-refractivity contribution < 1.29 is 9.59 Å². The lowest BCUT2D eigenvalue weighted by Crippen LogP contribution is -2.46. The van der Waals surface area contributed by atoms with Crippen molar-refractivity contribution in [2.45, 2.75) is 38.1 Å². The van der Waals surface area contributed by atoms with E-state index in [1.54, 1.807) is 0 Å². The molecule has 2 amide bonds. The topological polar surface area (TPSA) is 58.2 Å². The largest absolute Gasteiger partial charge is 0.354 e. The molecule has 0 unspecified atom stereocenters. The number of hydrogen-bond donors (Lipinski definition) is 2. The SMILES string of the molecule is O=C1CCCC[C@@H](C(=O)NCCc2ccc(-c3ccccc3)cc2)N1. The van der Waals surface area contributed by atoms with Crippen LogP contribution in [-0.4, -0.2) is 24.4 Å². The van der Waals surface area contributed by atoms with E-state index in [0.29, 0.717) is 13.0 Å². The Morgan fingerprint density at radius 2 is 1.72 bits per heavy atom. The quantitative estimate of drug-likeness (QED) is 0.881. The van der Waals surface area contributed by atoms with Crippen LogP contribution in [0.4, 0.5) is 0 Å². The highest BCUT2D eigenvalue weighted by Crippen LogP contribution is 2.19. The summed E-state index contributed by atoms with van der Waals surface area (Å²) in [7, 11) is 0. The number of rotatable bonds is 5. The van der Waals surface area contributed by atoms with Crippen molar-refractivity contribution in [3.63, 3.8) is 0 Å². The second-order valence-electron chi connectivity index (χ2n) is 6.47. The monoisotopic (exact) mass is 336 g/mol. The minimum absolute atomic E-state index is 0.0193. The molecule has 0 aromatic heterocycles. The Hall–Kier alpha value is -2.62. The van der Waals surface area contributed by atoms with Crippen LogP contribution in [0.1, 0.15) is 31.2 Å². The van der Waals surface area contributed by atoms with Gasteiger partial charge in [0, 0.05) is 13.0 Å². The Morgan fingerprint density at radius 1 is 1.00 bits per heavy atom. The van der Waals surface area contributed by atoms with Crippen molar-refractivity contribution in [1.29, 1.82) is 0 Å². The van der Waals surface area contributed by atoms with Crippen LogP contribution < -0.4 is 10.6 Å². The van der Waals surface area contributed by atoms with Crippen LogP contribution in [0.25, 0.3) is 11.1 Å². The summed E-state index contributed by atoms with van der Waals surface area (Å²) in [6.07, 6.45) is 3.81. The third kappa shape index (κ3) is 4.92. The van der Waals surface area contributed by atoms with E-state index in [1.807, 2.05) is 18.2 Å². The number of hydrogen-bond acceptors (Lipinski definition) is 2. The van der Waals surface area contributed by atoms with Crippen LogP contribution in [0.3, 0.4) is 0 Å². The van der Waals surface area contributed by atoms with Crippen LogP contribution in [0.2, 0.25) is 0 Å². The van der Waals surface area contributed by atoms with Crippen LogP contribution in [0.15, 0.2) is 54.6 Å². The molecule has 130 valence electrons. The Kier molecular flexibility index (Phi) is 5.83. The van der Waals surface area contributed by atoms with E-state index < -0.39 is 0 Å². The fourth-order valence-corrected chi connectivity index (χ4v) is 3.12. The standard InChI is InChI=1S/C21H24N2O2/c24-20-9-5-4-8-19(23-20)21(25)22-15-14-16-10-12-18(13-11-16)17-6-2-1-3-7-17/h1-3,6-7,10-13,19H,4-5,8-9,14-15H2,(H,22,25)(H,23,24)/t19-/m0/s1. The van der Waals surface area contributed by atoms with Crippen LogP contribution in [0, 0.1) is 0 Å². The fourth-order valence-electron chi connectivity index (χ4n) is 3.12. The molecule has 25 heavy (non-hydrogen) atoms. The van der Waals surface area contributed by atoms with E-state index in [-0.39, 0.29) is 17.9 Å².